The van der Waals surface area contributed by atoms with Gasteiger partial charge in [0.25, 0.3) is 0 Å². The highest BCUT2D eigenvalue weighted by atomic mass is 16.3. The highest BCUT2D eigenvalue weighted by Crippen LogP contribution is 2.27. The van der Waals surface area contributed by atoms with Gasteiger partial charge in [-0.15, -0.1) is 0 Å². The monoisotopic (exact) mass is 241 g/mol. The van der Waals surface area contributed by atoms with Gasteiger partial charge in [-0.25, -0.2) is 0 Å². The normalized spacial score (nSPS) is 26.8. The third-order valence-electron chi connectivity index (χ3n) is 4.08. The van der Waals surface area contributed by atoms with Crippen molar-refractivity contribution < 1.29 is 5.11 Å². The summed E-state index contributed by atoms with van der Waals surface area (Å²) in [4.78, 5) is 0. The highest BCUT2D eigenvalue weighted by Gasteiger charge is 2.21. The van der Waals surface area contributed by atoms with Crippen LogP contribution in [0.2, 0.25) is 0 Å². The van der Waals surface area contributed by atoms with Crippen LogP contribution in [0.5, 0.6) is 0 Å². The second kappa shape index (κ2) is 7.38. The molecule has 2 unspecified atom stereocenters. The lowest BCUT2D eigenvalue weighted by molar-refractivity contribution is 0.152. The summed E-state index contributed by atoms with van der Waals surface area (Å²) in [5.74, 6) is 0.970. The van der Waals surface area contributed by atoms with E-state index in [0.29, 0.717) is 6.04 Å². The molecule has 2 nitrogen and oxygen atoms in total. The van der Waals surface area contributed by atoms with Crippen LogP contribution in [0.25, 0.3) is 0 Å². The Bertz CT molecular complexity index is 203. The Kier molecular flexibility index (Phi) is 6.50. The molecule has 0 bridgehead atoms. The van der Waals surface area contributed by atoms with Gasteiger partial charge in [0.1, 0.15) is 0 Å². The van der Waals surface area contributed by atoms with E-state index in [0.717, 1.165) is 12.5 Å². The Balaban J connectivity index is 2.27. The molecule has 0 amide bonds. The van der Waals surface area contributed by atoms with Crippen LogP contribution in [0.4, 0.5) is 0 Å². The van der Waals surface area contributed by atoms with Gasteiger partial charge < -0.3 is 10.4 Å². The fourth-order valence-electron chi connectivity index (χ4n) is 2.76. The van der Waals surface area contributed by atoms with Crippen molar-refractivity contribution in [3.05, 3.63) is 0 Å². The lowest BCUT2D eigenvalue weighted by atomic mass is 9.93. The highest BCUT2D eigenvalue weighted by molar-refractivity contribution is 4.78. The number of rotatable bonds is 6. The number of aliphatic hydroxyl groups excluding tert-OH is 1. The summed E-state index contributed by atoms with van der Waals surface area (Å²) < 4.78 is 0. The molecular weight excluding hydrogens is 210 g/mol. The molecule has 0 spiro atoms. The average molecular weight is 241 g/mol. The van der Waals surface area contributed by atoms with E-state index in [9.17, 15) is 5.11 Å². The van der Waals surface area contributed by atoms with E-state index in [4.69, 9.17) is 0 Å². The first-order chi connectivity index (χ1) is 8.07. The summed E-state index contributed by atoms with van der Waals surface area (Å²) in [6.07, 6.45) is 9.59. The molecule has 0 radical (unpaired) electrons. The quantitative estimate of drug-likeness (QED) is 0.699. The maximum atomic E-state index is 9.25. The molecule has 0 aromatic carbocycles. The third-order valence-corrected chi connectivity index (χ3v) is 4.08. The zero-order chi connectivity index (χ0) is 12.7. The molecule has 17 heavy (non-hydrogen) atoms. The number of nitrogens with one attached hydrogen (secondary N) is 1. The second-order valence-corrected chi connectivity index (χ2v) is 6.56. The van der Waals surface area contributed by atoms with E-state index in [1.165, 1.54) is 44.9 Å². The molecule has 0 aliphatic heterocycles. The maximum Gasteiger partial charge on any atom is 0.0494 e. The molecule has 1 fully saturated rings. The lowest BCUT2D eigenvalue weighted by Gasteiger charge is -2.26. The van der Waals surface area contributed by atoms with Gasteiger partial charge in [-0.2, -0.15) is 0 Å². The Hall–Kier alpha value is -0.0800. The molecule has 1 rings (SSSR count). The van der Waals surface area contributed by atoms with E-state index < -0.39 is 0 Å². The first-order valence-electron chi connectivity index (χ1n) is 7.41. The number of hydrogen-bond acceptors (Lipinski definition) is 2. The topological polar surface area (TPSA) is 32.3 Å². The van der Waals surface area contributed by atoms with Gasteiger partial charge >= 0.3 is 0 Å². The van der Waals surface area contributed by atoms with Crippen LogP contribution in [0.3, 0.4) is 0 Å². The minimum Gasteiger partial charge on any atom is -0.396 e. The van der Waals surface area contributed by atoms with Crippen molar-refractivity contribution >= 4 is 0 Å². The van der Waals surface area contributed by atoms with Crippen molar-refractivity contribution in [1.82, 2.24) is 5.32 Å². The van der Waals surface area contributed by atoms with Crippen molar-refractivity contribution in [3.63, 3.8) is 0 Å². The molecule has 1 aliphatic rings. The first-order valence-corrected chi connectivity index (χ1v) is 7.41. The summed E-state index contributed by atoms with van der Waals surface area (Å²) >= 11 is 0. The van der Waals surface area contributed by atoms with Gasteiger partial charge in [0.05, 0.1) is 0 Å². The van der Waals surface area contributed by atoms with E-state index in [-0.39, 0.29) is 12.0 Å². The fourth-order valence-corrected chi connectivity index (χ4v) is 2.76. The molecule has 0 saturated heterocycles. The zero-order valence-electron chi connectivity index (χ0n) is 12.0. The van der Waals surface area contributed by atoms with Crippen molar-refractivity contribution in [2.45, 2.75) is 71.8 Å². The van der Waals surface area contributed by atoms with Crippen molar-refractivity contribution in [2.75, 3.05) is 13.2 Å². The van der Waals surface area contributed by atoms with Gasteiger partial charge in [0, 0.05) is 24.6 Å². The third kappa shape index (κ3) is 5.87. The van der Waals surface area contributed by atoms with Gasteiger partial charge in [0.15, 0.2) is 0 Å². The smallest absolute Gasteiger partial charge is 0.0494 e. The Morgan fingerprint density at radius 1 is 1.18 bits per heavy atom. The molecule has 2 heteroatoms. The predicted octanol–water partition coefficient (Wildman–Crippen LogP) is 3.34. The van der Waals surface area contributed by atoms with Crippen LogP contribution in [0.1, 0.15) is 65.7 Å². The van der Waals surface area contributed by atoms with Crippen LogP contribution in [0.15, 0.2) is 0 Å². The van der Waals surface area contributed by atoms with Crippen LogP contribution in [-0.2, 0) is 0 Å². The number of hydrogen-bond donors (Lipinski definition) is 2. The molecule has 2 atom stereocenters. The predicted molar refractivity (Wildman–Crippen MR) is 74.1 cm³/mol. The minimum absolute atomic E-state index is 0.0229. The molecule has 102 valence electrons. The SMILES string of the molecule is CCCC1CCCC(NCC(C)(C)CO)CC1. The van der Waals surface area contributed by atoms with Crippen LogP contribution >= 0.6 is 0 Å². The Morgan fingerprint density at radius 2 is 1.94 bits per heavy atom. The van der Waals surface area contributed by atoms with E-state index in [1.807, 2.05) is 0 Å². The second-order valence-electron chi connectivity index (χ2n) is 6.56. The van der Waals surface area contributed by atoms with Crippen LogP contribution in [0, 0.1) is 11.3 Å². The Labute approximate surface area is 107 Å². The average Bonchev–Trinajstić information content (AvgIpc) is 2.53. The van der Waals surface area contributed by atoms with Gasteiger partial charge in [-0.1, -0.05) is 46.5 Å². The van der Waals surface area contributed by atoms with Crippen LogP contribution in [-0.4, -0.2) is 24.3 Å². The molecule has 0 heterocycles. The standard InChI is InChI=1S/C15H31NO/c1-4-6-13-7-5-8-14(10-9-13)16-11-15(2,3)12-17/h13-14,16-17H,4-12H2,1-3H3. The van der Waals surface area contributed by atoms with Gasteiger partial charge in [0.2, 0.25) is 0 Å². The first kappa shape index (κ1) is 15.0. The van der Waals surface area contributed by atoms with Crippen molar-refractivity contribution in [3.8, 4) is 0 Å². The summed E-state index contributed by atoms with van der Waals surface area (Å²) in [6, 6.07) is 0.683. The zero-order valence-corrected chi connectivity index (χ0v) is 12.0. The molecular formula is C15H31NO. The van der Waals surface area contributed by atoms with E-state index >= 15 is 0 Å². The molecule has 0 aromatic rings. The number of aliphatic hydroxyl groups is 1. The molecule has 1 saturated carbocycles. The summed E-state index contributed by atoms with van der Waals surface area (Å²) in [5, 5.41) is 12.9. The van der Waals surface area contributed by atoms with Crippen LogP contribution < -0.4 is 5.32 Å². The maximum absolute atomic E-state index is 9.25. The van der Waals surface area contributed by atoms with E-state index in [2.05, 4.69) is 26.1 Å². The fraction of sp³-hybridized carbons (Fsp3) is 1.00. The van der Waals surface area contributed by atoms with E-state index in [1.54, 1.807) is 0 Å². The minimum atomic E-state index is 0.0229. The Morgan fingerprint density at radius 3 is 2.59 bits per heavy atom. The van der Waals surface area contributed by atoms with Gasteiger partial charge in [-0.3, -0.25) is 0 Å². The van der Waals surface area contributed by atoms with Crippen molar-refractivity contribution in [1.29, 1.82) is 0 Å². The lowest BCUT2D eigenvalue weighted by Crippen LogP contribution is -2.38. The van der Waals surface area contributed by atoms with Gasteiger partial charge in [-0.05, 0) is 25.2 Å². The summed E-state index contributed by atoms with van der Waals surface area (Å²) in [7, 11) is 0. The molecule has 0 aromatic heterocycles. The largest absolute Gasteiger partial charge is 0.396 e. The van der Waals surface area contributed by atoms with Crippen molar-refractivity contribution in [2.24, 2.45) is 11.3 Å². The molecule has 1 aliphatic carbocycles. The molecule has 2 N–H and O–H groups in total. The summed E-state index contributed by atoms with van der Waals surface area (Å²) in [6.45, 7) is 7.75. The summed E-state index contributed by atoms with van der Waals surface area (Å²) in [5.41, 5.74) is 0.0229.